The van der Waals surface area contributed by atoms with E-state index in [0.717, 1.165) is 11.1 Å². The number of benzene rings is 3. The van der Waals surface area contributed by atoms with Gasteiger partial charge in [0.15, 0.2) is 0 Å². The van der Waals surface area contributed by atoms with Crippen LogP contribution in [0, 0.1) is 11.8 Å². The van der Waals surface area contributed by atoms with Crippen molar-refractivity contribution in [2.24, 2.45) is 11.8 Å². The molecule has 1 amide bonds. The molecule has 0 aromatic heterocycles. The van der Waals surface area contributed by atoms with Crippen molar-refractivity contribution in [2.45, 2.75) is 19.3 Å². The average Bonchev–Trinajstić information content (AvgIpc) is 2.79. The number of nitrogens with one attached hydrogen (secondary N) is 1. The van der Waals surface area contributed by atoms with E-state index in [9.17, 15) is 24.6 Å². The van der Waals surface area contributed by atoms with E-state index in [1.807, 2.05) is 60.7 Å². The number of carbonyl (C=O) groups is 3. The lowest BCUT2D eigenvalue weighted by atomic mass is 9.85. The fraction of sp³-hybridized carbons (Fsp3) is 0.192. The van der Waals surface area contributed by atoms with Crippen LogP contribution in [-0.2, 0) is 22.4 Å². The van der Waals surface area contributed by atoms with Crippen LogP contribution >= 0.6 is 0 Å². The Kier molecular flexibility index (Phi) is 7.75. The van der Waals surface area contributed by atoms with E-state index in [1.54, 1.807) is 12.1 Å². The molecule has 0 unspecified atom stereocenters. The summed E-state index contributed by atoms with van der Waals surface area (Å²) in [7, 11) is 0. The zero-order valence-electron chi connectivity index (χ0n) is 17.5. The van der Waals surface area contributed by atoms with Crippen molar-refractivity contribution in [1.82, 2.24) is 0 Å². The monoisotopic (exact) mass is 431 g/mol. The number of para-hydroxylation sites is 1. The minimum atomic E-state index is -1.15. The highest BCUT2D eigenvalue weighted by Gasteiger charge is 2.28. The lowest BCUT2D eigenvalue weighted by Crippen LogP contribution is -2.30. The molecule has 0 heterocycles. The molecule has 0 bridgehead atoms. The number of hydrogen-bond acceptors (Lipinski definition) is 3. The molecule has 32 heavy (non-hydrogen) atoms. The van der Waals surface area contributed by atoms with Crippen molar-refractivity contribution in [3.63, 3.8) is 0 Å². The second-order valence-electron chi connectivity index (χ2n) is 7.69. The first-order valence-corrected chi connectivity index (χ1v) is 10.4. The lowest BCUT2D eigenvalue weighted by molar-refractivity contribution is -0.142. The van der Waals surface area contributed by atoms with E-state index < -0.39 is 29.7 Å². The van der Waals surface area contributed by atoms with Crippen molar-refractivity contribution >= 4 is 23.5 Å². The second kappa shape index (κ2) is 10.9. The van der Waals surface area contributed by atoms with E-state index in [2.05, 4.69) is 5.32 Å². The molecule has 3 aromatic rings. The van der Waals surface area contributed by atoms with Crippen LogP contribution in [0.25, 0.3) is 0 Å². The first-order valence-electron chi connectivity index (χ1n) is 10.4. The predicted octanol–water partition coefficient (Wildman–Crippen LogP) is 4.52. The Morgan fingerprint density at radius 1 is 0.688 bits per heavy atom. The van der Waals surface area contributed by atoms with Gasteiger partial charge in [0.05, 0.1) is 17.2 Å². The van der Waals surface area contributed by atoms with Gasteiger partial charge in [-0.2, -0.15) is 0 Å². The minimum Gasteiger partial charge on any atom is -0.481 e. The average molecular weight is 431 g/mol. The number of carbonyl (C=O) groups excluding carboxylic acids is 1. The third-order valence-corrected chi connectivity index (χ3v) is 5.35. The molecule has 0 spiro atoms. The van der Waals surface area contributed by atoms with Crippen LogP contribution in [0.5, 0.6) is 0 Å². The molecule has 3 aromatic carbocycles. The van der Waals surface area contributed by atoms with Gasteiger partial charge >= 0.3 is 11.9 Å². The number of carboxylic acid groups (broad SMARTS) is 2. The molecule has 0 aliphatic heterocycles. The summed E-state index contributed by atoms with van der Waals surface area (Å²) in [5, 5.41) is 21.9. The largest absolute Gasteiger partial charge is 0.481 e. The quantitative estimate of drug-likeness (QED) is 0.438. The lowest BCUT2D eigenvalue weighted by Gasteiger charge is -2.22. The summed E-state index contributed by atoms with van der Waals surface area (Å²) in [6.07, 6.45) is 0.779. The number of anilines is 1. The number of aliphatic carboxylic acids is 1. The van der Waals surface area contributed by atoms with Gasteiger partial charge in [0.25, 0.3) is 0 Å². The summed E-state index contributed by atoms with van der Waals surface area (Å²) in [4.78, 5) is 36.7. The molecular formula is C26H25NO5. The van der Waals surface area contributed by atoms with Gasteiger partial charge in [0, 0.05) is 5.92 Å². The second-order valence-corrected chi connectivity index (χ2v) is 7.69. The molecule has 0 saturated heterocycles. The van der Waals surface area contributed by atoms with Gasteiger partial charge in [-0.1, -0.05) is 72.8 Å². The van der Waals surface area contributed by atoms with Crippen molar-refractivity contribution < 1.29 is 24.6 Å². The summed E-state index contributed by atoms with van der Waals surface area (Å²) in [5.41, 5.74) is 1.97. The molecule has 6 nitrogen and oxygen atoms in total. The Bertz CT molecular complexity index is 1070. The van der Waals surface area contributed by atoms with Gasteiger partial charge in [0.2, 0.25) is 5.91 Å². The van der Waals surface area contributed by atoms with Gasteiger partial charge in [-0.25, -0.2) is 4.79 Å². The number of amides is 1. The first-order chi connectivity index (χ1) is 15.4. The van der Waals surface area contributed by atoms with Gasteiger partial charge in [0.1, 0.15) is 0 Å². The first kappa shape index (κ1) is 22.7. The molecule has 0 radical (unpaired) electrons. The van der Waals surface area contributed by atoms with E-state index in [0.29, 0.717) is 12.8 Å². The molecule has 0 aliphatic rings. The molecule has 2 atom stereocenters. The maximum absolute atomic E-state index is 13.2. The van der Waals surface area contributed by atoms with E-state index in [4.69, 9.17) is 0 Å². The zero-order chi connectivity index (χ0) is 22.9. The van der Waals surface area contributed by atoms with Crippen molar-refractivity contribution in [2.75, 3.05) is 5.32 Å². The summed E-state index contributed by atoms with van der Waals surface area (Å²) >= 11 is 0. The summed E-state index contributed by atoms with van der Waals surface area (Å²) < 4.78 is 0. The molecule has 6 heteroatoms. The fourth-order valence-corrected chi connectivity index (χ4v) is 3.71. The normalized spacial score (nSPS) is 12.5. The van der Waals surface area contributed by atoms with E-state index in [1.165, 1.54) is 12.1 Å². The number of aromatic carboxylic acids is 1. The smallest absolute Gasteiger partial charge is 0.337 e. The van der Waals surface area contributed by atoms with Crippen molar-refractivity contribution in [3.05, 3.63) is 102 Å². The molecule has 164 valence electrons. The Morgan fingerprint density at radius 3 is 1.72 bits per heavy atom. The minimum absolute atomic E-state index is 0.0154. The van der Waals surface area contributed by atoms with Crippen LogP contribution in [0.1, 0.15) is 27.9 Å². The zero-order valence-corrected chi connectivity index (χ0v) is 17.5. The third kappa shape index (κ3) is 6.28. The van der Waals surface area contributed by atoms with Crippen LogP contribution in [0.3, 0.4) is 0 Å². The Balaban J connectivity index is 1.84. The van der Waals surface area contributed by atoms with Crippen molar-refractivity contribution in [1.29, 1.82) is 0 Å². The van der Waals surface area contributed by atoms with Crippen LogP contribution in [0.2, 0.25) is 0 Å². The SMILES string of the molecule is O=C(O)c1ccccc1NC(=O)[C@@H](Cc1ccccc1)C[C@H](Cc1ccccc1)C(=O)O. The molecule has 0 fully saturated rings. The maximum atomic E-state index is 13.2. The Hall–Kier alpha value is -3.93. The Morgan fingerprint density at radius 2 is 1.19 bits per heavy atom. The van der Waals surface area contributed by atoms with Gasteiger partial charge in [-0.05, 0) is 42.5 Å². The Labute approximate surface area is 186 Å². The molecule has 0 saturated carbocycles. The summed E-state index contributed by atoms with van der Waals surface area (Å²) in [6, 6.07) is 24.8. The predicted molar refractivity (Wildman–Crippen MR) is 122 cm³/mol. The number of rotatable bonds is 10. The standard InChI is InChI=1S/C26H25NO5/c28-24(27-23-14-8-7-13-22(23)26(31)32)20(15-18-9-3-1-4-10-18)17-21(25(29)30)16-19-11-5-2-6-12-19/h1-14,20-21H,15-17H2,(H,27,28)(H,29,30)(H,31,32)/t20-,21-/m0/s1. The van der Waals surface area contributed by atoms with E-state index >= 15 is 0 Å². The number of hydrogen-bond donors (Lipinski definition) is 3. The molecule has 3 rings (SSSR count). The number of carboxylic acids is 2. The highest BCUT2D eigenvalue weighted by Crippen LogP contribution is 2.24. The van der Waals surface area contributed by atoms with Crippen LogP contribution in [-0.4, -0.2) is 28.1 Å². The summed E-state index contributed by atoms with van der Waals surface area (Å²) in [5.74, 6) is -3.92. The van der Waals surface area contributed by atoms with Crippen LogP contribution in [0.4, 0.5) is 5.69 Å². The molecule has 0 aliphatic carbocycles. The third-order valence-electron chi connectivity index (χ3n) is 5.35. The summed E-state index contributed by atoms with van der Waals surface area (Å²) in [6.45, 7) is 0. The fourth-order valence-electron chi connectivity index (χ4n) is 3.71. The molecule has 3 N–H and O–H groups in total. The van der Waals surface area contributed by atoms with Crippen molar-refractivity contribution in [3.8, 4) is 0 Å². The highest BCUT2D eigenvalue weighted by molar-refractivity contribution is 6.01. The van der Waals surface area contributed by atoms with Gasteiger partial charge < -0.3 is 15.5 Å². The van der Waals surface area contributed by atoms with Gasteiger partial charge in [-0.15, -0.1) is 0 Å². The van der Waals surface area contributed by atoms with Gasteiger partial charge in [-0.3, -0.25) is 9.59 Å². The molecular weight excluding hydrogens is 406 g/mol. The topological polar surface area (TPSA) is 104 Å². The van der Waals surface area contributed by atoms with Crippen LogP contribution in [0.15, 0.2) is 84.9 Å². The highest BCUT2D eigenvalue weighted by atomic mass is 16.4. The van der Waals surface area contributed by atoms with Crippen LogP contribution < -0.4 is 5.32 Å². The van der Waals surface area contributed by atoms with E-state index in [-0.39, 0.29) is 17.7 Å². The maximum Gasteiger partial charge on any atom is 0.337 e.